The van der Waals surface area contributed by atoms with Gasteiger partial charge in [0.2, 0.25) is 15.9 Å². The van der Waals surface area contributed by atoms with Crippen LogP contribution < -0.4 is 4.90 Å². The van der Waals surface area contributed by atoms with Crippen LogP contribution in [0.25, 0.3) is 0 Å². The van der Waals surface area contributed by atoms with Gasteiger partial charge in [-0.25, -0.2) is 17.5 Å². The third-order valence-corrected chi connectivity index (χ3v) is 6.70. The van der Waals surface area contributed by atoms with Crippen molar-refractivity contribution in [2.75, 3.05) is 31.3 Å². The van der Waals surface area contributed by atoms with Crippen LogP contribution in [0.2, 0.25) is 0 Å². The van der Waals surface area contributed by atoms with Gasteiger partial charge in [-0.1, -0.05) is 0 Å². The molecule has 2 atom stereocenters. The molecule has 168 valence electrons. The van der Waals surface area contributed by atoms with Gasteiger partial charge in [-0.3, -0.25) is 14.4 Å². The number of rotatable bonds is 4. The Morgan fingerprint density at radius 1 is 1.33 bits per heavy atom. The number of hydrogen-bond acceptors (Lipinski definition) is 6. The van der Waals surface area contributed by atoms with E-state index in [2.05, 4.69) is 5.10 Å². The zero-order valence-corrected chi connectivity index (χ0v) is 19.3. The van der Waals surface area contributed by atoms with Gasteiger partial charge >= 0.3 is 6.09 Å². The van der Waals surface area contributed by atoms with E-state index in [1.807, 2.05) is 32.4 Å². The molecule has 0 saturated carbocycles. The SMILES string of the molecule is C[C@H]1Cn2ncc(N3CC(CN(C)S(C)(=O)=O)CC3=O)c2CN1C(=O)OC(C)(C)C. The summed E-state index contributed by atoms with van der Waals surface area (Å²) in [4.78, 5) is 28.6. The second-order valence-electron chi connectivity index (χ2n) is 9.23. The van der Waals surface area contributed by atoms with Crippen LogP contribution in [-0.4, -0.2) is 77.4 Å². The van der Waals surface area contributed by atoms with Crippen molar-refractivity contribution in [2.45, 2.75) is 58.8 Å². The number of hydrogen-bond donors (Lipinski definition) is 0. The van der Waals surface area contributed by atoms with Gasteiger partial charge in [0.1, 0.15) is 5.60 Å². The summed E-state index contributed by atoms with van der Waals surface area (Å²) in [5.41, 5.74) is 0.857. The highest BCUT2D eigenvalue weighted by atomic mass is 32.2. The lowest BCUT2D eigenvalue weighted by Crippen LogP contribution is -2.47. The van der Waals surface area contributed by atoms with E-state index in [0.29, 0.717) is 25.3 Å². The van der Waals surface area contributed by atoms with E-state index in [-0.39, 0.29) is 30.8 Å². The molecule has 0 N–H and O–H groups in total. The molecule has 3 heterocycles. The Kier molecular flexibility index (Phi) is 5.89. The van der Waals surface area contributed by atoms with Crippen LogP contribution in [-0.2, 0) is 32.6 Å². The molecule has 3 rings (SSSR count). The number of amides is 2. The van der Waals surface area contributed by atoms with Crippen LogP contribution in [0.3, 0.4) is 0 Å². The number of carbonyl (C=O) groups is 2. The minimum atomic E-state index is -3.30. The molecule has 2 amide bonds. The highest BCUT2D eigenvalue weighted by molar-refractivity contribution is 7.88. The lowest BCUT2D eigenvalue weighted by atomic mass is 10.1. The molecule has 1 aromatic heterocycles. The maximum atomic E-state index is 12.7. The number of nitrogens with zero attached hydrogens (tertiary/aromatic N) is 5. The van der Waals surface area contributed by atoms with Crippen LogP contribution >= 0.6 is 0 Å². The fourth-order valence-electron chi connectivity index (χ4n) is 3.81. The number of sulfonamides is 1. The largest absolute Gasteiger partial charge is 0.444 e. The molecule has 1 fully saturated rings. The maximum absolute atomic E-state index is 12.7. The molecule has 1 unspecified atom stereocenters. The summed E-state index contributed by atoms with van der Waals surface area (Å²) < 4.78 is 32.0. The highest BCUT2D eigenvalue weighted by Gasteiger charge is 2.38. The zero-order chi connectivity index (χ0) is 22.4. The normalized spacial score (nSPS) is 22.6. The Morgan fingerprint density at radius 2 is 2.00 bits per heavy atom. The van der Waals surface area contributed by atoms with Crippen molar-refractivity contribution >= 4 is 27.7 Å². The molecule has 1 saturated heterocycles. The molecule has 0 bridgehead atoms. The molecule has 1 aromatic rings. The summed E-state index contributed by atoms with van der Waals surface area (Å²) >= 11 is 0. The molecule has 0 spiro atoms. The lowest BCUT2D eigenvalue weighted by Gasteiger charge is -2.36. The number of anilines is 1. The second-order valence-corrected chi connectivity index (χ2v) is 11.3. The lowest BCUT2D eigenvalue weighted by molar-refractivity contribution is -0.117. The Balaban J connectivity index is 1.77. The van der Waals surface area contributed by atoms with E-state index in [9.17, 15) is 18.0 Å². The third-order valence-electron chi connectivity index (χ3n) is 5.42. The smallest absolute Gasteiger partial charge is 0.410 e. The second kappa shape index (κ2) is 7.84. The number of carbonyl (C=O) groups excluding carboxylic acids is 2. The van der Waals surface area contributed by atoms with Crippen molar-refractivity contribution in [1.82, 2.24) is 19.0 Å². The topological polar surface area (TPSA) is 105 Å². The zero-order valence-electron chi connectivity index (χ0n) is 18.5. The van der Waals surface area contributed by atoms with Crippen LogP contribution in [0.5, 0.6) is 0 Å². The van der Waals surface area contributed by atoms with E-state index >= 15 is 0 Å². The maximum Gasteiger partial charge on any atom is 0.410 e. The van der Waals surface area contributed by atoms with E-state index in [1.54, 1.807) is 16.0 Å². The van der Waals surface area contributed by atoms with Crippen LogP contribution in [0.15, 0.2) is 6.20 Å². The highest BCUT2D eigenvalue weighted by Crippen LogP contribution is 2.32. The minimum absolute atomic E-state index is 0.0693. The van der Waals surface area contributed by atoms with E-state index in [1.165, 1.54) is 11.4 Å². The van der Waals surface area contributed by atoms with Gasteiger partial charge in [-0.2, -0.15) is 5.10 Å². The standard InChI is InChI=1S/C19H31N5O5S/c1-13-9-24-16(12-22(13)18(26)29-19(2,3)4)15(8-20-24)23-11-14(7-17(23)25)10-21(5)30(6,27)28/h8,13-14H,7,9-12H2,1-6H3/t13-,14?/m0/s1. The predicted octanol–water partition coefficient (Wildman–Crippen LogP) is 1.27. The Bertz CT molecular complexity index is 936. The summed E-state index contributed by atoms with van der Waals surface area (Å²) in [6.45, 7) is 8.92. The minimum Gasteiger partial charge on any atom is -0.444 e. The number of aromatic nitrogens is 2. The molecular formula is C19H31N5O5S. The summed E-state index contributed by atoms with van der Waals surface area (Å²) in [5, 5.41) is 4.42. The fourth-order valence-corrected chi connectivity index (χ4v) is 4.29. The number of fused-ring (bicyclic) bond motifs is 1. The van der Waals surface area contributed by atoms with Gasteiger partial charge in [-0.05, 0) is 33.6 Å². The fraction of sp³-hybridized carbons (Fsp3) is 0.737. The Labute approximate surface area is 177 Å². The first-order valence-electron chi connectivity index (χ1n) is 10.0. The van der Waals surface area contributed by atoms with Crippen molar-refractivity contribution in [3.05, 3.63) is 11.9 Å². The predicted molar refractivity (Wildman–Crippen MR) is 111 cm³/mol. The molecule has 0 radical (unpaired) electrons. The summed E-state index contributed by atoms with van der Waals surface area (Å²) in [6, 6.07) is -0.0921. The first kappa shape index (κ1) is 22.5. The summed E-state index contributed by atoms with van der Waals surface area (Å²) in [6.07, 6.45) is 2.69. The average molecular weight is 442 g/mol. The molecule has 30 heavy (non-hydrogen) atoms. The van der Waals surface area contributed by atoms with Crippen molar-refractivity contribution in [3.8, 4) is 0 Å². The molecule has 11 heteroatoms. The third kappa shape index (κ3) is 4.77. The average Bonchev–Trinajstić information content (AvgIpc) is 3.14. The summed E-state index contributed by atoms with van der Waals surface area (Å²) in [5.74, 6) is -0.169. The molecule has 2 aliphatic heterocycles. The van der Waals surface area contributed by atoms with E-state index in [0.717, 1.165) is 11.9 Å². The van der Waals surface area contributed by atoms with Gasteiger partial charge in [0.15, 0.2) is 0 Å². The van der Waals surface area contributed by atoms with Crippen molar-refractivity contribution in [1.29, 1.82) is 0 Å². The van der Waals surface area contributed by atoms with Crippen LogP contribution in [0, 0.1) is 5.92 Å². The van der Waals surface area contributed by atoms with E-state index in [4.69, 9.17) is 4.74 Å². The first-order chi connectivity index (χ1) is 13.8. The monoisotopic (exact) mass is 441 g/mol. The van der Waals surface area contributed by atoms with Gasteiger partial charge in [-0.15, -0.1) is 0 Å². The number of ether oxygens (including phenoxy) is 1. The molecular weight excluding hydrogens is 410 g/mol. The van der Waals surface area contributed by atoms with Crippen molar-refractivity contribution in [2.24, 2.45) is 5.92 Å². The van der Waals surface area contributed by atoms with Gasteiger partial charge in [0.25, 0.3) is 0 Å². The molecule has 10 nitrogen and oxygen atoms in total. The molecule has 2 aliphatic rings. The first-order valence-corrected chi connectivity index (χ1v) is 11.9. The Morgan fingerprint density at radius 3 is 2.60 bits per heavy atom. The molecule has 0 aliphatic carbocycles. The van der Waals surface area contributed by atoms with Gasteiger partial charge in [0.05, 0.1) is 43.0 Å². The van der Waals surface area contributed by atoms with Crippen molar-refractivity contribution in [3.63, 3.8) is 0 Å². The van der Waals surface area contributed by atoms with Crippen LogP contribution in [0.1, 0.15) is 39.8 Å². The van der Waals surface area contributed by atoms with Gasteiger partial charge < -0.3 is 9.64 Å². The summed E-state index contributed by atoms with van der Waals surface area (Å²) in [7, 11) is -1.78. The van der Waals surface area contributed by atoms with Crippen molar-refractivity contribution < 1.29 is 22.7 Å². The van der Waals surface area contributed by atoms with E-state index < -0.39 is 21.7 Å². The van der Waals surface area contributed by atoms with Crippen LogP contribution in [0.4, 0.5) is 10.5 Å². The quantitative estimate of drug-likeness (QED) is 0.697. The molecule has 0 aromatic carbocycles. The Hall–Kier alpha value is -2.14. The van der Waals surface area contributed by atoms with Gasteiger partial charge in [0, 0.05) is 26.6 Å².